The van der Waals surface area contributed by atoms with Gasteiger partial charge in [0.2, 0.25) is 5.91 Å². The minimum absolute atomic E-state index is 0.0445. The van der Waals surface area contributed by atoms with Gasteiger partial charge in [-0.3, -0.25) is 4.79 Å². The van der Waals surface area contributed by atoms with Crippen LogP contribution in [-0.4, -0.2) is 29.0 Å². The number of benzene rings is 2. The monoisotopic (exact) mass is 339 g/mol. The number of aliphatic hydroxyl groups is 1. The van der Waals surface area contributed by atoms with Crippen LogP contribution in [0.15, 0.2) is 60.7 Å². The van der Waals surface area contributed by atoms with E-state index in [1.807, 2.05) is 30.3 Å². The summed E-state index contributed by atoms with van der Waals surface area (Å²) in [6.07, 6.45) is 4.32. The van der Waals surface area contributed by atoms with Crippen molar-refractivity contribution in [2.24, 2.45) is 5.92 Å². The second kappa shape index (κ2) is 8.08. The molecule has 1 heterocycles. The number of rotatable bonds is 4. The average Bonchev–Trinajstić information content (AvgIpc) is 2.67. The van der Waals surface area contributed by atoms with E-state index >= 15 is 0 Å². The summed E-state index contributed by atoms with van der Waals surface area (Å²) in [5, 5.41) is 10.5. The molecule has 2 aromatic carbocycles. The van der Waals surface area contributed by atoms with E-state index < -0.39 is 6.10 Å². The quantitative estimate of drug-likeness (QED) is 0.861. The fraction of sp³-hybridized carbons (Fsp3) is 0.286. The number of amides is 1. The first-order valence-corrected chi connectivity index (χ1v) is 8.59. The molecule has 3 rings (SSSR count). The molecule has 0 spiro atoms. The van der Waals surface area contributed by atoms with Crippen LogP contribution in [0.3, 0.4) is 0 Å². The number of halogens is 1. The van der Waals surface area contributed by atoms with Crippen molar-refractivity contribution in [2.75, 3.05) is 13.1 Å². The van der Waals surface area contributed by atoms with Crippen LogP contribution in [0.4, 0.5) is 4.39 Å². The van der Waals surface area contributed by atoms with E-state index in [0.717, 1.165) is 24.0 Å². The van der Waals surface area contributed by atoms with Crippen LogP contribution in [0.2, 0.25) is 0 Å². The number of carbonyl (C=O) groups is 1. The molecular weight excluding hydrogens is 317 g/mol. The van der Waals surface area contributed by atoms with Crippen molar-refractivity contribution in [3.8, 4) is 0 Å². The summed E-state index contributed by atoms with van der Waals surface area (Å²) in [5.41, 5.74) is 1.73. The zero-order chi connectivity index (χ0) is 17.6. The minimum Gasteiger partial charge on any atom is -0.388 e. The normalized spacial score (nSPS) is 17.0. The molecule has 3 nitrogen and oxygen atoms in total. The third kappa shape index (κ3) is 4.54. The van der Waals surface area contributed by atoms with Crippen LogP contribution in [0.25, 0.3) is 6.08 Å². The summed E-state index contributed by atoms with van der Waals surface area (Å²) < 4.78 is 12.9. The fourth-order valence-corrected chi connectivity index (χ4v) is 3.20. The minimum atomic E-state index is -0.479. The fourth-order valence-electron chi connectivity index (χ4n) is 3.20. The van der Waals surface area contributed by atoms with E-state index in [4.69, 9.17) is 0 Å². The summed E-state index contributed by atoms with van der Waals surface area (Å²) in [6, 6.07) is 15.7. The number of nitrogens with zero attached hydrogens (tertiary/aromatic N) is 1. The van der Waals surface area contributed by atoms with Crippen molar-refractivity contribution in [2.45, 2.75) is 18.9 Å². The molecule has 1 saturated heterocycles. The van der Waals surface area contributed by atoms with Gasteiger partial charge in [-0.25, -0.2) is 4.39 Å². The molecule has 1 atom stereocenters. The number of carbonyl (C=O) groups excluding carboxylic acids is 1. The third-order valence-corrected chi connectivity index (χ3v) is 4.73. The maximum Gasteiger partial charge on any atom is 0.246 e. The maximum absolute atomic E-state index is 12.9. The van der Waals surface area contributed by atoms with Crippen molar-refractivity contribution in [1.82, 2.24) is 4.90 Å². The van der Waals surface area contributed by atoms with Gasteiger partial charge in [-0.1, -0.05) is 42.5 Å². The molecular formula is C21H22FNO2. The number of likely N-dealkylation sites (tertiary alicyclic amines) is 1. The Labute approximate surface area is 147 Å². The maximum atomic E-state index is 12.9. The molecule has 130 valence electrons. The van der Waals surface area contributed by atoms with E-state index in [0.29, 0.717) is 13.1 Å². The molecule has 1 aliphatic heterocycles. The number of piperidine rings is 1. The van der Waals surface area contributed by atoms with Crippen molar-refractivity contribution in [1.29, 1.82) is 0 Å². The van der Waals surface area contributed by atoms with Crippen molar-refractivity contribution < 1.29 is 14.3 Å². The van der Waals surface area contributed by atoms with Crippen molar-refractivity contribution in [3.05, 3.63) is 77.6 Å². The molecule has 25 heavy (non-hydrogen) atoms. The highest BCUT2D eigenvalue weighted by molar-refractivity contribution is 5.91. The second-order valence-electron chi connectivity index (χ2n) is 6.40. The van der Waals surface area contributed by atoms with E-state index in [1.54, 1.807) is 23.1 Å². The standard InChI is InChI=1S/C21H22FNO2/c22-19-9-6-16(7-10-19)8-11-20(24)23-14-12-18(13-15-23)21(25)17-4-2-1-3-5-17/h1-11,18,21,25H,12-15H2. The highest BCUT2D eigenvalue weighted by atomic mass is 19.1. The van der Waals surface area contributed by atoms with Gasteiger partial charge in [0.25, 0.3) is 0 Å². The van der Waals surface area contributed by atoms with E-state index in [9.17, 15) is 14.3 Å². The molecule has 0 aromatic heterocycles. The first-order chi connectivity index (χ1) is 12.1. The van der Waals surface area contributed by atoms with Gasteiger partial charge < -0.3 is 10.0 Å². The van der Waals surface area contributed by atoms with Crippen LogP contribution in [0.5, 0.6) is 0 Å². The predicted molar refractivity (Wildman–Crippen MR) is 96.1 cm³/mol. The molecule has 1 unspecified atom stereocenters. The Balaban J connectivity index is 1.53. The Hall–Kier alpha value is -2.46. The van der Waals surface area contributed by atoms with E-state index in [2.05, 4.69) is 0 Å². The lowest BCUT2D eigenvalue weighted by atomic mass is 9.87. The molecule has 0 radical (unpaired) electrons. The van der Waals surface area contributed by atoms with Crippen LogP contribution < -0.4 is 0 Å². The number of hydrogen-bond acceptors (Lipinski definition) is 2. The summed E-state index contributed by atoms with van der Waals surface area (Å²) in [6.45, 7) is 1.28. The van der Waals surface area contributed by atoms with Gasteiger partial charge in [0.15, 0.2) is 0 Å². The molecule has 0 saturated carbocycles. The molecule has 0 aliphatic carbocycles. The topological polar surface area (TPSA) is 40.5 Å². The molecule has 1 N–H and O–H groups in total. The van der Waals surface area contributed by atoms with Gasteiger partial charge in [-0.15, -0.1) is 0 Å². The molecule has 0 bridgehead atoms. The smallest absolute Gasteiger partial charge is 0.246 e. The van der Waals surface area contributed by atoms with Gasteiger partial charge >= 0.3 is 0 Å². The van der Waals surface area contributed by atoms with E-state index in [-0.39, 0.29) is 17.6 Å². The number of hydrogen-bond donors (Lipinski definition) is 1. The van der Waals surface area contributed by atoms with Crippen LogP contribution in [0.1, 0.15) is 30.1 Å². The van der Waals surface area contributed by atoms with E-state index in [1.165, 1.54) is 18.2 Å². The van der Waals surface area contributed by atoms with Gasteiger partial charge in [-0.2, -0.15) is 0 Å². The largest absolute Gasteiger partial charge is 0.388 e. The van der Waals surface area contributed by atoms with Gasteiger partial charge in [0.05, 0.1) is 6.10 Å². The molecule has 1 aliphatic rings. The Morgan fingerprint density at radius 3 is 2.36 bits per heavy atom. The first-order valence-electron chi connectivity index (χ1n) is 8.59. The zero-order valence-electron chi connectivity index (χ0n) is 14.0. The zero-order valence-corrected chi connectivity index (χ0v) is 14.0. The van der Waals surface area contributed by atoms with Crippen LogP contribution in [0, 0.1) is 11.7 Å². The predicted octanol–water partition coefficient (Wildman–Crippen LogP) is 3.81. The van der Waals surface area contributed by atoms with Crippen LogP contribution >= 0.6 is 0 Å². The Kier molecular flexibility index (Phi) is 5.61. The average molecular weight is 339 g/mol. The van der Waals surface area contributed by atoms with Crippen LogP contribution in [-0.2, 0) is 4.79 Å². The Morgan fingerprint density at radius 2 is 1.72 bits per heavy atom. The highest BCUT2D eigenvalue weighted by Gasteiger charge is 2.27. The summed E-state index contributed by atoms with van der Waals surface area (Å²) in [7, 11) is 0. The number of aliphatic hydroxyl groups excluding tert-OH is 1. The molecule has 2 aromatic rings. The van der Waals surface area contributed by atoms with Gasteiger partial charge in [0.1, 0.15) is 5.82 Å². The first kappa shape index (κ1) is 17.4. The van der Waals surface area contributed by atoms with Gasteiger partial charge in [-0.05, 0) is 48.1 Å². The van der Waals surface area contributed by atoms with Crippen molar-refractivity contribution in [3.63, 3.8) is 0 Å². The Bertz CT molecular complexity index is 719. The lowest BCUT2D eigenvalue weighted by Crippen LogP contribution is -2.38. The lowest BCUT2D eigenvalue weighted by molar-refractivity contribution is -0.127. The summed E-state index contributed by atoms with van der Waals surface area (Å²) >= 11 is 0. The summed E-state index contributed by atoms with van der Waals surface area (Å²) in [4.78, 5) is 14.1. The lowest BCUT2D eigenvalue weighted by Gasteiger charge is -2.33. The Morgan fingerprint density at radius 1 is 1.08 bits per heavy atom. The molecule has 4 heteroatoms. The molecule has 1 fully saturated rings. The SMILES string of the molecule is O=C(C=Cc1ccc(F)cc1)N1CCC(C(O)c2ccccc2)CC1. The van der Waals surface area contributed by atoms with Gasteiger partial charge in [0, 0.05) is 19.2 Å². The highest BCUT2D eigenvalue weighted by Crippen LogP contribution is 2.30. The third-order valence-electron chi connectivity index (χ3n) is 4.73. The second-order valence-corrected chi connectivity index (χ2v) is 6.40. The summed E-state index contributed by atoms with van der Waals surface area (Å²) in [5.74, 6) is -0.160. The molecule has 1 amide bonds. The van der Waals surface area contributed by atoms with Crippen molar-refractivity contribution >= 4 is 12.0 Å².